The number of hydrogen-bond donors (Lipinski definition) is 0. The molecule has 0 saturated carbocycles. The van der Waals surface area contributed by atoms with Gasteiger partial charge in [-0.3, -0.25) is 4.79 Å². The average molecular weight is 232 g/mol. The van der Waals surface area contributed by atoms with Gasteiger partial charge in [0.1, 0.15) is 11.4 Å². The first-order chi connectivity index (χ1) is 7.82. The minimum atomic E-state index is -0.384. The normalized spacial score (nSPS) is 17.9. The quantitative estimate of drug-likeness (QED) is 0.735. The highest BCUT2D eigenvalue weighted by Gasteiger charge is 2.35. The molecule has 92 valence electrons. The van der Waals surface area contributed by atoms with Crippen molar-refractivity contribution < 1.29 is 9.53 Å². The Morgan fingerprint density at radius 1 is 1.29 bits per heavy atom. The first-order valence-corrected chi connectivity index (χ1v) is 6.17. The molecule has 1 aromatic carbocycles. The molecule has 0 aromatic heterocycles. The Labute approximate surface area is 103 Å². The van der Waals surface area contributed by atoms with E-state index in [4.69, 9.17) is 4.74 Å². The molecule has 0 fully saturated rings. The van der Waals surface area contributed by atoms with Crippen molar-refractivity contribution in [2.24, 2.45) is 0 Å². The Hall–Kier alpha value is -1.31. The third kappa shape index (κ3) is 2.08. The Morgan fingerprint density at radius 2 is 1.94 bits per heavy atom. The first-order valence-electron chi connectivity index (χ1n) is 6.17. The smallest absolute Gasteiger partial charge is 0.170 e. The Morgan fingerprint density at radius 3 is 2.53 bits per heavy atom. The van der Waals surface area contributed by atoms with E-state index >= 15 is 0 Å². The number of ketones is 1. The molecular weight excluding hydrogens is 212 g/mol. The molecule has 0 unspecified atom stereocenters. The summed E-state index contributed by atoms with van der Waals surface area (Å²) >= 11 is 0. The lowest BCUT2D eigenvalue weighted by Gasteiger charge is -2.34. The fourth-order valence-electron chi connectivity index (χ4n) is 2.39. The van der Waals surface area contributed by atoms with Crippen LogP contribution in [-0.4, -0.2) is 11.4 Å². The standard InChI is InChI=1S/C15H20O2/c1-9(2)11-7-6-10(3)14-13(11)12(16)8-15(4,5)17-14/h6-7,9H,8H2,1-5H3. The van der Waals surface area contributed by atoms with Crippen molar-refractivity contribution in [3.8, 4) is 5.75 Å². The van der Waals surface area contributed by atoms with Crippen LogP contribution >= 0.6 is 0 Å². The van der Waals surface area contributed by atoms with Crippen molar-refractivity contribution in [1.29, 1.82) is 0 Å². The predicted molar refractivity (Wildman–Crippen MR) is 68.9 cm³/mol. The van der Waals surface area contributed by atoms with E-state index in [1.165, 1.54) is 0 Å². The molecule has 1 aromatic rings. The third-order valence-corrected chi connectivity index (χ3v) is 3.25. The number of carbonyl (C=O) groups excluding carboxylic acids is 1. The molecule has 0 N–H and O–H groups in total. The van der Waals surface area contributed by atoms with Gasteiger partial charge in [-0.05, 0) is 37.8 Å². The van der Waals surface area contributed by atoms with Gasteiger partial charge in [-0.1, -0.05) is 26.0 Å². The predicted octanol–water partition coefficient (Wildman–Crippen LogP) is 3.86. The molecule has 0 atom stereocenters. The number of carbonyl (C=O) groups is 1. The summed E-state index contributed by atoms with van der Waals surface area (Å²) in [6.07, 6.45) is 0.461. The molecule has 0 spiro atoms. The van der Waals surface area contributed by atoms with Crippen molar-refractivity contribution in [3.63, 3.8) is 0 Å². The number of rotatable bonds is 1. The van der Waals surface area contributed by atoms with E-state index < -0.39 is 0 Å². The maximum atomic E-state index is 12.3. The highest BCUT2D eigenvalue weighted by Crippen LogP contribution is 2.39. The van der Waals surface area contributed by atoms with Crippen LogP contribution in [0.1, 0.15) is 61.5 Å². The molecule has 2 rings (SSSR count). The molecule has 1 heterocycles. The molecular formula is C15H20O2. The van der Waals surface area contributed by atoms with Gasteiger partial charge < -0.3 is 4.74 Å². The zero-order valence-corrected chi connectivity index (χ0v) is 11.3. The fourth-order valence-corrected chi connectivity index (χ4v) is 2.39. The maximum absolute atomic E-state index is 12.3. The van der Waals surface area contributed by atoms with Crippen LogP contribution in [-0.2, 0) is 0 Å². The number of benzene rings is 1. The second-order valence-corrected chi connectivity index (χ2v) is 5.79. The average Bonchev–Trinajstić information content (AvgIpc) is 2.17. The minimum absolute atomic E-state index is 0.212. The Bertz CT molecular complexity index is 470. The van der Waals surface area contributed by atoms with Crippen molar-refractivity contribution in [1.82, 2.24) is 0 Å². The fraction of sp³-hybridized carbons (Fsp3) is 0.533. The number of aryl methyl sites for hydroxylation is 1. The second kappa shape index (κ2) is 3.86. The lowest BCUT2D eigenvalue weighted by Crippen LogP contribution is -2.36. The SMILES string of the molecule is Cc1ccc(C(C)C)c2c1OC(C)(C)CC2=O. The molecule has 17 heavy (non-hydrogen) atoms. The summed E-state index contributed by atoms with van der Waals surface area (Å²) in [6, 6.07) is 4.10. The number of ether oxygens (including phenoxy) is 1. The third-order valence-electron chi connectivity index (χ3n) is 3.25. The van der Waals surface area contributed by atoms with Gasteiger partial charge in [0.25, 0.3) is 0 Å². The van der Waals surface area contributed by atoms with Gasteiger partial charge in [0.15, 0.2) is 5.78 Å². The van der Waals surface area contributed by atoms with Crippen molar-refractivity contribution in [2.75, 3.05) is 0 Å². The summed E-state index contributed by atoms with van der Waals surface area (Å²) in [4.78, 5) is 12.3. The lowest BCUT2D eigenvalue weighted by molar-refractivity contribution is 0.0612. The summed E-state index contributed by atoms with van der Waals surface area (Å²) in [7, 11) is 0. The van der Waals surface area contributed by atoms with E-state index in [1.54, 1.807) is 0 Å². The van der Waals surface area contributed by atoms with E-state index in [9.17, 15) is 4.79 Å². The van der Waals surface area contributed by atoms with Crippen LogP contribution in [0, 0.1) is 6.92 Å². The van der Waals surface area contributed by atoms with Gasteiger partial charge in [-0.25, -0.2) is 0 Å². The van der Waals surface area contributed by atoms with Crippen LogP contribution < -0.4 is 4.74 Å². The van der Waals surface area contributed by atoms with Crippen LogP contribution in [0.2, 0.25) is 0 Å². The van der Waals surface area contributed by atoms with Gasteiger partial charge >= 0.3 is 0 Å². The topological polar surface area (TPSA) is 26.3 Å². The summed E-state index contributed by atoms with van der Waals surface area (Å²) in [5.41, 5.74) is 2.57. The highest BCUT2D eigenvalue weighted by molar-refractivity contribution is 6.02. The summed E-state index contributed by atoms with van der Waals surface area (Å²) < 4.78 is 5.99. The van der Waals surface area contributed by atoms with E-state index in [0.717, 1.165) is 22.4 Å². The van der Waals surface area contributed by atoms with E-state index in [-0.39, 0.29) is 11.4 Å². The monoisotopic (exact) mass is 232 g/mol. The van der Waals surface area contributed by atoms with E-state index in [1.807, 2.05) is 26.8 Å². The van der Waals surface area contributed by atoms with Crippen molar-refractivity contribution in [2.45, 2.75) is 52.6 Å². The molecule has 0 aliphatic carbocycles. The molecule has 0 radical (unpaired) electrons. The van der Waals surface area contributed by atoms with E-state index in [0.29, 0.717) is 12.3 Å². The van der Waals surface area contributed by atoms with Gasteiger partial charge in [-0.2, -0.15) is 0 Å². The van der Waals surface area contributed by atoms with Crippen LogP contribution in [0.15, 0.2) is 12.1 Å². The molecule has 0 bridgehead atoms. The zero-order valence-electron chi connectivity index (χ0n) is 11.3. The summed E-state index contributed by atoms with van der Waals surface area (Å²) in [5, 5.41) is 0. The van der Waals surface area contributed by atoms with Crippen LogP contribution in [0.5, 0.6) is 5.75 Å². The molecule has 1 aliphatic heterocycles. The minimum Gasteiger partial charge on any atom is -0.486 e. The zero-order chi connectivity index (χ0) is 12.8. The molecule has 2 nitrogen and oxygen atoms in total. The highest BCUT2D eigenvalue weighted by atomic mass is 16.5. The van der Waals surface area contributed by atoms with Crippen molar-refractivity contribution in [3.05, 3.63) is 28.8 Å². The number of fused-ring (bicyclic) bond motifs is 1. The summed E-state index contributed by atoms with van der Waals surface area (Å²) in [6.45, 7) is 10.2. The maximum Gasteiger partial charge on any atom is 0.170 e. The van der Waals surface area contributed by atoms with Crippen LogP contribution in [0.3, 0.4) is 0 Å². The van der Waals surface area contributed by atoms with Gasteiger partial charge in [-0.15, -0.1) is 0 Å². The number of hydrogen-bond acceptors (Lipinski definition) is 2. The number of Topliss-reactive ketones (excluding diaryl/α,β-unsaturated/α-hetero) is 1. The molecule has 0 saturated heterocycles. The molecule has 0 amide bonds. The van der Waals surface area contributed by atoms with Crippen LogP contribution in [0.25, 0.3) is 0 Å². The van der Waals surface area contributed by atoms with Crippen LogP contribution in [0.4, 0.5) is 0 Å². The summed E-state index contributed by atoms with van der Waals surface area (Å²) in [5.74, 6) is 1.35. The second-order valence-electron chi connectivity index (χ2n) is 5.79. The first kappa shape index (κ1) is 12.2. The van der Waals surface area contributed by atoms with E-state index in [2.05, 4.69) is 19.9 Å². The molecule has 1 aliphatic rings. The van der Waals surface area contributed by atoms with Gasteiger partial charge in [0.2, 0.25) is 0 Å². The Balaban J connectivity index is 2.65. The van der Waals surface area contributed by atoms with Crippen molar-refractivity contribution >= 4 is 5.78 Å². The van der Waals surface area contributed by atoms with Gasteiger partial charge in [0, 0.05) is 0 Å². The largest absolute Gasteiger partial charge is 0.486 e. The molecule has 2 heteroatoms. The Kier molecular flexibility index (Phi) is 2.76. The van der Waals surface area contributed by atoms with Gasteiger partial charge in [0.05, 0.1) is 12.0 Å². The lowest BCUT2D eigenvalue weighted by atomic mass is 9.85.